The van der Waals surface area contributed by atoms with Gasteiger partial charge in [0.25, 0.3) is 0 Å². The summed E-state index contributed by atoms with van der Waals surface area (Å²) in [6.45, 7) is 0. The van der Waals surface area contributed by atoms with Crippen molar-refractivity contribution in [2.75, 3.05) is 0 Å². The van der Waals surface area contributed by atoms with Crippen molar-refractivity contribution in [1.82, 2.24) is 9.97 Å². The van der Waals surface area contributed by atoms with Gasteiger partial charge in [0.15, 0.2) is 11.2 Å². The van der Waals surface area contributed by atoms with Gasteiger partial charge in [-0.2, -0.15) is 0 Å². The molecule has 4 heterocycles. The molecule has 0 aliphatic heterocycles. The number of furan rings is 1. The van der Waals surface area contributed by atoms with Gasteiger partial charge in [-0.25, -0.2) is 9.97 Å². The highest BCUT2D eigenvalue weighted by molar-refractivity contribution is 7.26. The molecule has 0 saturated heterocycles. The lowest BCUT2D eigenvalue weighted by molar-refractivity contribution is 0.622. The number of hydrogen-bond donors (Lipinski definition) is 0. The van der Waals surface area contributed by atoms with Gasteiger partial charge >= 0.3 is 0 Å². The maximum atomic E-state index is 6.32. The summed E-state index contributed by atoms with van der Waals surface area (Å²) in [5.41, 5.74) is 16.5. The van der Waals surface area contributed by atoms with Gasteiger partial charge in [0, 0.05) is 58.4 Å². The number of rotatable bonds is 6. The normalized spacial score (nSPS) is 11.7. The van der Waals surface area contributed by atoms with E-state index in [4.69, 9.17) is 23.2 Å². The van der Waals surface area contributed by atoms with Crippen molar-refractivity contribution in [2.24, 2.45) is 0 Å². The summed E-state index contributed by atoms with van der Waals surface area (Å²) in [6.07, 6.45) is 0. The zero-order chi connectivity index (χ0) is 50.1. The lowest BCUT2D eigenvalue weighted by Gasteiger charge is -2.09. The Hall–Kier alpha value is -9.88. The van der Waals surface area contributed by atoms with E-state index in [2.05, 4.69) is 170 Å². The molecule has 4 aromatic heterocycles. The molecule has 0 fully saturated rings. The zero-order valence-corrected chi connectivity index (χ0v) is 41.6. The maximum Gasteiger partial charge on any atom is 0.227 e. The zero-order valence-electron chi connectivity index (χ0n) is 40.8. The van der Waals surface area contributed by atoms with Crippen molar-refractivity contribution in [2.45, 2.75) is 0 Å². The van der Waals surface area contributed by atoms with Crippen molar-refractivity contribution in [3.8, 4) is 67.4 Å². The van der Waals surface area contributed by atoms with Crippen LogP contribution in [0.5, 0.6) is 0 Å². The van der Waals surface area contributed by atoms with E-state index in [0.29, 0.717) is 11.8 Å². The number of benzene rings is 12. The summed E-state index contributed by atoms with van der Waals surface area (Å²) < 4.78 is 21.6. The highest BCUT2D eigenvalue weighted by Crippen LogP contribution is 2.42. The Morgan fingerprint density at radius 3 is 1.37 bits per heavy atom. The van der Waals surface area contributed by atoms with Crippen LogP contribution in [-0.4, -0.2) is 9.97 Å². The third kappa shape index (κ3) is 7.54. The van der Waals surface area contributed by atoms with Gasteiger partial charge in [-0.15, -0.1) is 11.3 Å². The van der Waals surface area contributed by atoms with E-state index in [0.717, 1.165) is 105 Å². The number of fused-ring (bicyclic) bond motifs is 12. The number of oxazole rings is 2. The second-order valence-corrected chi connectivity index (χ2v) is 20.2. The quantitative estimate of drug-likeness (QED) is 0.166. The molecule has 0 spiro atoms. The molecular formula is C70H42N2O3S. The van der Waals surface area contributed by atoms with Crippen LogP contribution < -0.4 is 0 Å². The highest BCUT2D eigenvalue weighted by atomic mass is 32.1. The van der Waals surface area contributed by atoms with Crippen LogP contribution in [0.15, 0.2) is 268 Å². The van der Waals surface area contributed by atoms with Crippen LogP contribution in [0.3, 0.4) is 0 Å². The van der Waals surface area contributed by atoms with E-state index in [-0.39, 0.29) is 0 Å². The van der Waals surface area contributed by atoms with E-state index in [1.54, 1.807) is 0 Å². The number of hydrogen-bond acceptors (Lipinski definition) is 6. The standard InChI is InChI=1S/C35H21NO2.C35H21NOS/c1-2-8-23(9-3-1)35-36-31-19-18-22-16-17-25(21-30(22)34(31)38-35)24-10-6-11-26(20-24)27-13-7-14-29-28-12-4-5-15-32(28)37-33(27)29;1-2-8-23(9-3-1)35-36-31-19-18-22-16-17-25(21-30(22)33(31)37-35)24-10-6-11-26(20-24)27-13-7-14-29-28-12-4-5-15-32(28)38-34(27)29/h2*1-21H. The Kier molecular flexibility index (Phi) is 10.3. The summed E-state index contributed by atoms with van der Waals surface area (Å²) in [7, 11) is 0. The Bertz CT molecular complexity index is 4580. The number of thiophene rings is 1. The van der Waals surface area contributed by atoms with Gasteiger partial charge in [0.1, 0.15) is 22.2 Å². The van der Waals surface area contributed by atoms with Crippen LogP contribution >= 0.6 is 11.3 Å². The highest BCUT2D eigenvalue weighted by Gasteiger charge is 2.17. The predicted octanol–water partition coefficient (Wildman–Crippen LogP) is 20.2. The lowest BCUT2D eigenvalue weighted by Crippen LogP contribution is -1.83. The summed E-state index contributed by atoms with van der Waals surface area (Å²) in [4.78, 5) is 9.53. The van der Waals surface area contributed by atoms with Crippen molar-refractivity contribution in [3.63, 3.8) is 0 Å². The van der Waals surface area contributed by atoms with Crippen molar-refractivity contribution in [3.05, 3.63) is 255 Å². The molecule has 16 rings (SSSR count). The van der Waals surface area contributed by atoms with Crippen LogP contribution in [0.4, 0.5) is 0 Å². The molecule has 76 heavy (non-hydrogen) atoms. The van der Waals surface area contributed by atoms with Gasteiger partial charge in [-0.05, 0) is 123 Å². The number of aromatic nitrogens is 2. The monoisotopic (exact) mass is 990 g/mol. The van der Waals surface area contributed by atoms with Gasteiger partial charge in [0.2, 0.25) is 11.8 Å². The van der Waals surface area contributed by atoms with Gasteiger partial charge in [-0.3, -0.25) is 0 Å². The summed E-state index contributed by atoms with van der Waals surface area (Å²) in [5.74, 6) is 1.29. The Labute approximate surface area is 440 Å². The fourth-order valence-corrected chi connectivity index (χ4v) is 12.1. The Morgan fingerprint density at radius 2 is 0.737 bits per heavy atom. The molecule has 0 amide bonds. The topological polar surface area (TPSA) is 65.2 Å². The molecule has 5 nitrogen and oxygen atoms in total. The molecule has 0 bridgehead atoms. The lowest BCUT2D eigenvalue weighted by atomic mass is 9.96. The molecular weight excluding hydrogens is 949 g/mol. The van der Waals surface area contributed by atoms with E-state index in [1.165, 1.54) is 36.9 Å². The molecule has 0 aliphatic rings. The molecule has 0 saturated carbocycles. The van der Waals surface area contributed by atoms with E-state index in [9.17, 15) is 0 Å². The minimum absolute atomic E-state index is 0.638. The first-order chi connectivity index (χ1) is 37.6. The average molecular weight is 991 g/mol. The van der Waals surface area contributed by atoms with Crippen molar-refractivity contribution < 1.29 is 13.3 Å². The third-order valence-electron chi connectivity index (χ3n) is 14.6. The summed E-state index contributed by atoms with van der Waals surface area (Å²) in [6, 6.07) is 88.9. The van der Waals surface area contributed by atoms with Gasteiger partial charge < -0.3 is 13.3 Å². The molecule has 356 valence electrons. The predicted molar refractivity (Wildman–Crippen MR) is 316 cm³/mol. The van der Waals surface area contributed by atoms with Crippen LogP contribution in [-0.2, 0) is 0 Å². The van der Waals surface area contributed by atoms with E-state index in [1.807, 2.05) is 96.3 Å². The Morgan fingerprint density at radius 1 is 0.276 bits per heavy atom. The molecule has 12 aromatic carbocycles. The van der Waals surface area contributed by atoms with Crippen molar-refractivity contribution >= 4 is 97.2 Å². The molecule has 6 heteroatoms. The fraction of sp³-hybridized carbons (Fsp3) is 0. The van der Waals surface area contributed by atoms with Gasteiger partial charge in [-0.1, -0.05) is 182 Å². The first-order valence-corrected chi connectivity index (χ1v) is 26.2. The van der Waals surface area contributed by atoms with Crippen LogP contribution in [0.25, 0.3) is 153 Å². The van der Waals surface area contributed by atoms with E-state index >= 15 is 0 Å². The molecule has 0 atom stereocenters. The average Bonchev–Trinajstić information content (AvgIpc) is 4.35. The minimum Gasteiger partial charge on any atom is -0.455 e. The fourth-order valence-electron chi connectivity index (χ4n) is 10.9. The minimum atomic E-state index is 0.638. The summed E-state index contributed by atoms with van der Waals surface area (Å²) >= 11 is 1.87. The second-order valence-electron chi connectivity index (χ2n) is 19.2. The smallest absolute Gasteiger partial charge is 0.227 e. The number of nitrogens with zero attached hydrogens (tertiary/aromatic N) is 2. The second kappa shape index (κ2) is 18.0. The van der Waals surface area contributed by atoms with Crippen LogP contribution in [0.1, 0.15) is 0 Å². The first-order valence-electron chi connectivity index (χ1n) is 25.4. The maximum absolute atomic E-state index is 6.32. The summed E-state index contributed by atoms with van der Waals surface area (Å²) in [5, 5.41) is 9.32. The van der Waals surface area contributed by atoms with Crippen LogP contribution in [0, 0.1) is 0 Å². The third-order valence-corrected chi connectivity index (χ3v) is 15.8. The molecule has 0 aliphatic carbocycles. The first kappa shape index (κ1) is 43.7. The largest absolute Gasteiger partial charge is 0.455 e. The van der Waals surface area contributed by atoms with Crippen molar-refractivity contribution in [1.29, 1.82) is 0 Å². The molecule has 0 N–H and O–H groups in total. The molecule has 0 radical (unpaired) electrons. The SMILES string of the molecule is c1ccc(-c2nc3ccc4ccc(-c5cccc(-c6cccc7c6oc6ccccc67)c5)cc4c3o2)cc1.c1ccc(-c2nc3ccc4ccc(-c5cccc(-c6cccc7c6sc6ccccc67)c5)cc4c3o2)cc1. The molecule has 16 aromatic rings. The van der Waals surface area contributed by atoms with Gasteiger partial charge in [0.05, 0.1) is 0 Å². The Balaban J connectivity index is 0.000000133. The molecule has 0 unspecified atom stereocenters. The number of para-hydroxylation sites is 2. The van der Waals surface area contributed by atoms with Crippen LogP contribution in [0.2, 0.25) is 0 Å². The van der Waals surface area contributed by atoms with E-state index < -0.39 is 0 Å².